The molecule has 82 valence electrons. The molecule has 0 spiro atoms. The Bertz CT molecular complexity index is 360. The molecule has 0 saturated carbocycles. The lowest BCUT2D eigenvalue weighted by Crippen LogP contribution is -2.14. The van der Waals surface area contributed by atoms with Gasteiger partial charge in [-0.05, 0) is 26.8 Å². The second-order valence-electron chi connectivity index (χ2n) is 4.00. The standard InChI is InChI=1S/C10H13NO3S/c1-10(2,3)14-15-9-7-5-4-6-8(9)11(12)13/h4-7H,1-3H3. The first kappa shape index (κ1) is 12.0. The van der Waals surface area contributed by atoms with Crippen molar-refractivity contribution in [2.75, 3.05) is 0 Å². The summed E-state index contributed by atoms with van der Waals surface area (Å²) in [7, 11) is 0. The number of nitrogens with zero attached hydrogens (tertiary/aromatic N) is 1. The number of para-hydroxylation sites is 1. The zero-order valence-electron chi connectivity index (χ0n) is 8.89. The zero-order chi connectivity index (χ0) is 11.5. The summed E-state index contributed by atoms with van der Waals surface area (Å²) in [5, 5.41) is 10.7. The summed E-state index contributed by atoms with van der Waals surface area (Å²) in [5.74, 6) is 0. The molecule has 0 aliphatic carbocycles. The number of nitro groups is 1. The summed E-state index contributed by atoms with van der Waals surface area (Å²) in [6.45, 7) is 5.69. The van der Waals surface area contributed by atoms with Crippen LogP contribution in [-0.2, 0) is 4.18 Å². The van der Waals surface area contributed by atoms with Crippen molar-refractivity contribution >= 4 is 17.7 Å². The van der Waals surface area contributed by atoms with Crippen LogP contribution in [0.25, 0.3) is 0 Å². The molecule has 5 heteroatoms. The highest BCUT2D eigenvalue weighted by molar-refractivity contribution is 7.94. The SMILES string of the molecule is CC(C)(C)OSc1ccccc1[N+](=O)[O-]. The molecule has 1 rings (SSSR count). The molecule has 0 fully saturated rings. The maximum absolute atomic E-state index is 10.7. The molecule has 0 N–H and O–H groups in total. The third-order valence-electron chi connectivity index (χ3n) is 1.44. The number of hydrogen-bond acceptors (Lipinski definition) is 4. The molecule has 0 radical (unpaired) electrons. The Balaban J connectivity index is 2.81. The van der Waals surface area contributed by atoms with Gasteiger partial charge >= 0.3 is 0 Å². The van der Waals surface area contributed by atoms with Crippen LogP contribution >= 0.6 is 12.0 Å². The summed E-state index contributed by atoms with van der Waals surface area (Å²) in [6.07, 6.45) is 0. The third-order valence-corrected chi connectivity index (χ3v) is 2.55. The molecule has 0 amide bonds. The van der Waals surface area contributed by atoms with E-state index in [1.807, 2.05) is 20.8 Å². The van der Waals surface area contributed by atoms with E-state index >= 15 is 0 Å². The Morgan fingerprint density at radius 1 is 1.33 bits per heavy atom. The van der Waals surface area contributed by atoms with E-state index in [1.54, 1.807) is 18.2 Å². The van der Waals surface area contributed by atoms with Crippen LogP contribution in [0.2, 0.25) is 0 Å². The lowest BCUT2D eigenvalue weighted by atomic mass is 10.2. The van der Waals surface area contributed by atoms with Crippen molar-refractivity contribution in [3.05, 3.63) is 34.4 Å². The van der Waals surface area contributed by atoms with Crippen LogP contribution in [0, 0.1) is 10.1 Å². The summed E-state index contributed by atoms with van der Waals surface area (Å²) in [4.78, 5) is 10.8. The third kappa shape index (κ3) is 3.89. The van der Waals surface area contributed by atoms with Gasteiger partial charge in [0.15, 0.2) is 0 Å². The average Bonchev–Trinajstić information content (AvgIpc) is 2.14. The minimum absolute atomic E-state index is 0.0757. The summed E-state index contributed by atoms with van der Waals surface area (Å²) >= 11 is 1.04. The highest BCUT2D eigenvalue weighted by Crippen LogP contribution is 2.32. The summed E-state index contributed by atoms with van der Waals surface area (Å²) in [6, 6.07) is 6.53. The van der Waals surface area contributed by atoms with Gasteiger partial charge < -0.3 is 4.18 Å². The van der Waals surface area contributed by atoms with Crippen molar-refractivity contribution in [3.8, 4) is 0 Å². The van der Waals surface area contributed by atoms with Crippen molar-refractivity contribution < 1.29 is 9.11 Å². The number of rotatable bonds is 3. The van der Waals surface area contributed by atoms with E-state index in [2.05, 4.69) is 0 Å². The van der Waals surface area contributed by atoms with Gasteiger partial charge in [0, 0.05) is 18.1 Å². The average molecular weight is 227 g/mol. The first-order valence-corrected chi connectivity index (χ1v) is 5.23. The molecular formula is C10H13NO3S. The van der Waals surface area contributed by atoms with Crippen LogP contribution in [0.3, 0.4) is 0 Å². The highest BCUT2D eigenvalue weighted by Gasteiger charge is 2.17. The molecule has 1 aromatic carbocycles. The van der Waals surface area contributed by atoms with E-state index in [9.17, 15) is 10.1 Å². The molecule has 1 aromatic rings. The second kappa shape index (κ2) is 4.63. The van der Waals surface area contributed by atoms with E-state index in [0.717, 1.165) is 12.0 Å². The van der Waals surface area contributed by atoms with Gasteiger partial charge in [0.05, 0.1) is 10.5 Å². The minimum Gasteiger partial charge on any atom is -0.304 e. The quantitative estimate of drug-likeness (QED) is 0.451. The topological polar surface area (TPSA) is 52.4 Å². The van der Waals surface area contributed by atoms with Gasteiger partial charge in [0.2, 0.25) is 0 Å². The van der Waals surface area contributed by atoms with Gasteiger partial charge in [-0.3, -0.25) is 10.1 Å². The van der Waals surface area contributed by atoms with Crippen molar-refractivity contribution in [3.63, 3.8) is 0 Å². The maximum atomic E-state index is 10.7. The molecule has 0 atom stereocenters. The van der Waals surface area contributed by atoms with E-state index in [0.29, 0.717) is 4.90 Å². The van der Waals surface area contributed by atoms with Gasteiger partial charge in [-0.15, -0.1) is 0 Å². The summed E-state index contributed by atoms with van der Waals surface area (Å²) < 4.78 is 5.42. The predicted molar refractivity (Wildman–Crippen MR) is 59.8 cm³/mol. The van der Waals surface area contributed by atoms with E-state index in [4.69, 9.17) is 4.18 Å². The fourth-order valence-electron chi connectivity index (χ4n) is 0.848. The van der Waals surface area contributed by atoms with E-state index < -0.39 is 4.92 Å². The van der Waals surface area contributed by atoms with Crippen LogP contribution in [-0.4, -0.2) is 10.5 Å². The van der Waals surface area contributed by atoms with Crippen LogP contribution in [0.1, 0.15) is 20.8 Å². The summed E-state index contributed by atoms with van der Waals surface area (Å²) in [5.41, 5.74) is -0.249. The van der Waals surface area contributed by atoms with Crippen LogP contribution in [0.4, 0.5) is 5.69 Å². The largest absolute Gasteiger partial charge is 0.304 e. The van der Waals surface area contributed by atoms with Crippen molar-refractivity contribution in [2.45, 2.75) is 31.3 Å². The van der Waals surface area contributed by atoms with Gasteiger partial charge in [-0.2, -0.15) is 0 Å². The highest BCUT2D eigenvalue weighted by atomic mass is 32.2. The first-order valence-electron chi connectivity index (χ1n) is 4.49. The molecule has 0 saturated heterocycles. The Kier molecular flexibility index (Phi) is 3.71. The van der Waals surface area contributed by atoms with Crippen molar-refractivity contribution in [1.29, 1.82) is 0 Å². The Hall–Kier alpha value is -1.07. The number of benzene rings is 1. The molecule has 15 heavy (non-hydrogen) atoms. The van der Waals surface area contributed by atoms with Gasteiger partial charge in [0.25, 0.3) is 5.69 Å². The van der Waals surface area contributed by atoms with E-state index in [1.165, 1.54) is 6.07 Å². The maximum Gasteiger partial charge on any atom is 0.285 e. The monoisotopic (exact) mass is 227 g/mol. The van der Waals surface area contributed by atoms with Crippen LogP contribution in [0.15, 0.2) is 29.2 Å². The lowest BCUT2D eigenvalue weighted by Gasteiger charge is -2.17. The molecule has 0 aliphatic heterocycles. The Labute approximate surface area is 93.0 Å². The van der Waals surface area contributed by atoms with Gasteiger partial charge in [-0.1, -0.05) is 12.1 Å². The lowest BCUT2D eigenvalue weighted by molar-refractivity contribution is -0.387. The van der Waals surface area contributed by atoms with Crippen molar-refractivity contribution in [1.82, 2.24) is 0 Å². The number of nitro benzene ring substituents is 1. The molecule has 0 unspecified atom stereocenters. The molecule has 0 bridgehead atoms. The van der Waals surface area contributed by atoms with Crippen LogP contribution in [0.5, 0.6) is 0 Å². The molecule has 0 heterocycles. The van der Waals surface area contributed by atoms with Gasteiger partial charge in [0.1, 0.15) is 4.90 Å². The minimum atomic E-state index is -0.408. The first-order chi connectivity index (χ1) is 6.90. The van der Waals surface area contributed by atoms with Gasteiger partial charge in [-0.25, -0.2) is 0 Å². The predicted octanol–water partition coefficient (Wildman–Crippen LogP) is 3.42. The number of hydrogen-bond donors (Lipinski definition) is 0. The molecule has 4 nitrogen and oxygen atoms in total. The zero-order valence-corrected chi connectivity index (χ0v) is 9.71. The molecule has 0 aromatic heterocycles. The second-order valence-corrected chi connectivity index (χ2v) is 4.78. The molecule has 0 aliphatic rings. The van der Waals surface area contributed by atoms with Crippen LogP contribution < -0.4 is 0 Å². The fraction of sp³-hybridized carbons (Fsp3) is 0.400. The van der Waals surface area contributed by atoms with Crippen molar-refractivity contribution in [2.24, 2.45) is 0 Å². The Morgan fingerprint density at radius 3 is 2.47 bits per heavy atom. The van der Waals surface area contributed by atoms with E-state index in [-0.39, 0.29) is 11.3 Å². The Morgan fingerprint density at radius 2 is 1.93 bits per heavy atom. The smallest absolute Gasteiger partial charge is 0.285 e. The normalized spacial score (nSPS) is 11.4. The molecular weight excluding hydrogens is 214 g/mol. The fourth-order valence-corrected chi connectivity index (χ4v) is 1.55.